The summed E-state index contributed by atoms with van der Waals surface area (Å²) in [6.07, 6.45) is 5.25. The van der Waals surface area contributed by atoms with Crippen LogP contribution in [-0.4, -0.2) is 17.3 Å². The van der Waals surface area contributed by atoms with Gasteiger partial charge in [-0.2, -0.15) is 16.3 Å². The van der Waals surface area contributed by atoms with Gasteiger partial charge in [-0.3, -0.25) is 5.32 Å². The molecule has 0 unspecified atom stereocenters. The van der Waals surface area contributed by atoms with Crippen LogP contribution in [0.2, 0.25) is 0 Å². The van der Waals surface area contributed by atoms with Gasteiger partial charge in [-0.05, 0) is 42.0 Å². The Morgan fingerprint density at radius 2 is 2.11 bits per heavy atom. The van der Waals surface area contributed by atoms with Crippen LogP contribution in [0.5, 0.6) is 5.75 Å². The molecule has 0 radical (unpaired) electrons. The smallest absolute Gasteiger partial charge is 0.247 e. The molecule has 0 bridgehead atoms. The lowest BCUT2D eigenvalue weighted by molar-refractivity contribution is 0.169. The van der Waals surface area contributed by atoms with Crippen LogP contribution in [0.25, 0.3) is 11.4 Å². The zero-order valence-corrected chi connectivity index (χ0v) is 16.0. The monoisotopic (exact) mass is 387 g/mol. The van der Waals surface area contributed by atoms with E-state index in [2.05, 4.69) is 15.5 Å². The highest BCUT2D eigenvalue weighted by Crippen LogP contribution is 2.37. The Balaban J connectivity index is 1.56. The average Bonchev–Trinajstić information content (AvgIpc) is 3.39. The van der Waals surface area contributed by atoms with Crippen LogP contribution in [-0.2, 0) is 12.1 Å². The molecule has 1 aliphatic rings. The molecule has 1 N–H and O–H groups in total. The van der Waals surface area contributed by atoms with E-state index in [1.807, 2.05) is 22.9 Å². The summed E-state index contributed by atoms with van der Waals surface area (Å²) < 4.78 is 24.7. The molecule has 2 aromatic heterocycles. The minimum Gasteiger partial charge on any atom is -0.494 e. The highest BCUT2D eigenvalue weighted by atomic mass is 32.1. The van der Waals surface area contributed by atoms with Gasteiger partial charge in [-0.15, -0.1) is 0 Å². The highest BCUT2D eigenvalue weighted by Gasteiger charge is 2.39. The first-order valence-corrected chi connectivity index (χ1v) is 10.1. The van der Waals surface area contributed by atoms with Gasteiger partial charge in [0, 0.05) is 17.5 Å². The van der Waals surface area contributed by atoms with Crippen molar-refractivity contribution in [2.24, 2.45) is 0 Å². The van der Waals surface area contributed by atoms with Gasteiger partial charge < -0.3 is 9.26 Å². The predicted molar refractivity (Wildman–Crippen MR) is 102 cm³/mol. The number of rotatable bonds is 6. The van der Waals surface area contributed by atoms with Gasteiger partial charge >= 0.3 is 0 Å². The molecular weight excluding hydrogens is 365 g/mol. The van der Waals surface area contributed by atoms with Crippen LogP contribution >= 0.6 is 11.3 Å². The van der Waals surface area contributed by atoms with Gasteiger partial charge in [0.15, 0.2) is 11.6 Å². The summed E-state index contributed by atoms with van der Waals surface area (Å²) in [4.78, 5) is 4.68. The van der Waals surface area contributed by atoms with Crippen molar-refractivity contribution in [1.29, 1.82) is 0 Å². The fourth-order valence-electron chi connectivity index (χ4n) is 3.64. The maximum Gasteiger partial charge on any atom is 0.247 e. The van der Waals surface area contributed by atoms with Gasteiger partial charge in [0.2, 0.25) is 11.7 Å². The first-order chi connectivity index (χ1) is 13.2. The van der Waals surface area contributed by atoms with Crippen molar-refractivity contribution in [2.75, 3.05) is 7.11 Å². The number of hydrogen-bond acceptors (Lipinski definition) is 6. The Hall–Kier alpha value is -2.25. The Kier molecular flexibility index (Phi) is 5.22. The zero-order chi connectivity index (χ0) is 18.7. The van der Waals surface area contributed by atoms with E-state index in [4.69, 9.17) is 9.26 Å². The van der Waals surface area contributed by atoms with Crippen molar-refractivity contribution in [1.82, 2.24) is 15.5 Å². The third kappa shape index (κ3) is 3.75. The summed E-state index contributed by atoms with van der Waals surface area (Å²) in [6, 6.07) is 7.02. The van der Waals surface area contributed by atoms with Crippen molar-refractivity contribution >= 4 is 11.3 Å². The second-order valence-electron chi connectivity index (χ2n) is 6.90. The molecule has 142 valence electrons. The number of benzene rings is 1. The molecule has 4 rings (SSSR count). The van der Waals surface area contributed by atoms with Crippen LogP contribution in [0.15, 0.2) is 39.5 Å². The van der Waals surface area contributed by atoms with Crippen LogP contribution < -0.4 is 10.1 Å². The van der Waals surface area contributed by atoms with Gasteiger partial charge in [0.25, 0.3) is 0 Å². The molecule has 0 saturated heterocycles. The Bertz CT molecular complexity index is 889. The third-order valence-corrected chi connectivity index (χ3v) is 5.85. The molecule has 2 heterocycles. The van der Waals surface area contributed by atoms with E-state index in [1.165, 1.54) is 19.6 Å². The van der Waals surface area contributed by atoms with Crippen molar-refractivity contribution in [2.45, 2.75) is 44.2 Å². The normalized spacial score (nSPS) is 16.4. The first-order valence-electron chi connectivity index (χ1n) is 9.14. The number of nitrogens with zero attached hydrogens (tertiary/aromatic N) is 2. The molecule has 7 heteroatoms. The number of hydrogen-bond donors (Lipinski definition) is 1. The summed E-state index contributed by atoms with van der Waals surface area (Å²) in [7, 11) is 1.47. The summed E-state index contributed by atoms with van der Waals surface area (Å²) in [5, 5.41) is 11.8. The number of ether oxygens (including phenoxy) is 1. The zero-order valence-electron chi connectivity index (χ0n) is 15.2. The topological polar surface area (TPSA) is 60.2 Å². The molecule has 27 heavy (non-hydrogen) atoms. The molecule has 1 fully saturated rings. The van der Waals surface area contributed by atoms with Gasteiger partial charge in [-0.1, -0.05) is 30.5 Å². The Morgan fingerprint density at radius 3 is 2.81 bits per heavy atom. The van der Waals surface area contributed by atoms with Crippen molar-refractivity contribution in [3.63, 3.8) is 0 Å². The first kappa shape index (κ1) is 18.1. The molecule has 1 aliphatic carbocycles. The Morgan fingerprint density at radius 1 is 1.26 bits per heavy atom. The number of nitrogens with one attached hydrogen (secondary N) is 1. The molecule has 5 nitrogen and oxygen atoms in total. The molecule has 0 spiro atoms. The summed E-state index contributed by atoms with van der Waals surface area (Å²) in [5.74, 6) is 1.14. The highest BCUT2D eigenvalue weighted by molar-refractivity contribution is 7.08. The standard InChI is InChI=1S/C20H22FN3O2S/c1-25-17-6-5-14(11-16(17)21)12-22-20(8-3-2-4-9-20)19-23-18(24-26-19)15-7-10-27-13-15/h5-7,10-11,13,22H,2-4,8-9,12H2,1H3. The van der Waals surface area contributed by atoms with Crippen LogP contribution in [0, 0.1) is 5.82 Å². The average molecular weight is 387 g/mol. The third-order valence-electron chi connectivity index (χ3n) is 5.17. The number of thiophene rings is 1. The van der Waals surface area contributed by atoms with E-state index in [9.17, 15) is 4.39 Å². The Labute approximate surface area is 161 Å². The molecule has 0 amide bonds. The van der Waals surface area contributed by atoms with E-state index in [-0.39, 0.29) is 17.1 Å². The second-order valence-corrected chi connectivity index (χ2v) is 7.68. The van der Waals surface area contributed by atoms with E-state index >= 15 is 0 Å². The van der Waals surface area contributed by atoms with Crippen molar-refractivity contribution in [3.05, 3.63) is 52.3 Å². The molecular formula is C20H22FN3O2S. The van der Waals surface area contributed by atoms with Gasteiger partial charge in [-0.25, -0.2) is 4.39 Å². The summed E-state index contributed by atoms with van der Waals surface area (Å²) in [6.45, 7) is 0.525. The fraction of sp³-hybridized carbons (Fsp3) is 0.400. The molecule has 0 aliphatic heterocycles. The SMILES string of the molecule is COc1ccc(CNC2(c3nc(-c4ccsc4)no3)CCCCC2)cc1F. The minimum atomic E-state index is -0.365. The van der Waals surface area contributed by atoms with Crippen molar-refractivity contribution in [3.8, 4) is 17.1 Å². The largest absolute Gasteiger partial charge is 0.494 e. The molecule has 1 aromatic carbocycles. The van der Waals surface area contributed by atoms with Crippen molar-refractivity contribution < 1.29 is 13.7 Å². The lowest BCUT2D eigenvalue weighted by Crippen LogP contribution is -2.44. The molecule has 3 aromatic rings. The minimum absolute atomic E-state index is 0.253. The quantitative estimate of drug-likeness (QED) is 0.652. The second kappa shape index (κ2) is 7.78. The van der Waals surface area contributed by atoms with E-state index in [0.717, 1.165) is 36.8 Å². The maximum absolute atomic E-state index is 14.0. The fourth-order valence-corrected chi connectivity index (χ4v) is 4.27. The number of aromatic nitrogens is 2. The van der Waals surface area contributed by atoms with Crippen LogP contribution in [0.1, 0.15) is 43.6 Å². The summed E-state index contributed by atoms with van der Waals surface area (Å²) >= 11 is 1.61. The van der Waals surface area contributed by atoms with E-state index < -0.39 is 0 Å². The van der Waals surface area contributed by atoms with Crippen LogP contribution in [0.4, 0.5) is 4.39 Å². The predicted octanol–water partition coefficient (Wildman–Crippen LogP) is 4.90. The lowest BCUT2D eigenvalue weighted by Gasteiger charge is -2.35. The molecule has 0 atom stereocenters. The van der Waals surface area contributed by atoms with E-state index in [0.29, 0.717) is 18.3 Å². The number of halogens is 1. The van der Waals surface area contributed by atoms with Gasteiger partial charge in [0.1, 0.15) is 0 Å². The van der Waals surface area contributed by atoms with Gasteiger partial charge in [0.05, 0.1) is 12.6 Å². The molecule has 1 saturated carbocycles. The van der Waals surface area contributed by atoms with E-state index in [1.54, 1.807) is 17.4 Å². The lowest BCUT2D eigenvalue weighted by atomic mass is 9.81. The maximum atomic E-state index is 14.0. The van der Waals surface area contributed by atoms with Crippen LogP contribution in [0.3, 0.4) is 0 Å². The number of methoxy groups -OCH3 is 1. The summed E-state index contributed by atoms with van der Waals surface area (Å²) in [5.41, 5.74) is 1.46.